The largest absolute Gasteiger partial charge is 0.385 e. The summed E-state index contributed by atoms with van der Waals surface area (Å²) >= 11 is 0. The first kappa shape index (κ1) is 12.5. The third-order valence-electron chi connectivity index (χ3n) is 4.04. The van der Waals surface area contributed by atoms with E-state index in [1.165, 1.54) is 5.56 Å². The fourth-order valence-corrected chi connectivity index (χ4v) is 2.84. The van der Waals surface area contributed by atoms with Gasteiger partial charge in [0.2, 0.25) is 0 Å². The first-order valence-corrected chi connectivity index (χ1v) is 7.00. The minimum Gasteiger partial charge on any atom is -0.385 e. The second kappa shape index (κ2) is 4.85. The van der Waals surface area contributed by atoms with E-state index < -0.39 is 5.60 Å². The molecule has 1 atom stereocenters. The molecule has 2 heterocycles. The number of carbonyl (C=O) groups excluding carboxylic acids is 1. The van der Waals surface area contributed by atoms with Crippen molar-refractivity contribution in [1.82, 2.24) is 0 Å². The maximum absolute atomic E-state index is 12.4. The molecule has 1 aromatic rings. The van der Waals surface area contributed by atoms with Crippen molar-refractivity contribution in [1.29, 1.82) is 0 Å². The van der Waals surface area contributed by atoms with Gasteiger partial charge in [0.15, 0.2) is 0 Å². The minimum absolute atomic E-state index is 0.0241. The summed E-state index contributed by atoms with van der Waals surface area (Å²) in [6, 6.07) is 6.02. The first-order chi connectivity index (χ1) is 9.19. The van der Waals surface area contributed by atoms with E-state index >= 15 is 0 Å². The Hall–Kier alpha value is -1.55. The van der Waals surface area contributed by atoms with Gasteiger partial charge in [0.25, 0.3) is 5.91 Å². The topological polar surface area (TPSA) is 50.4 Å². The van der Waals surface area contributed by atoms with Crippen molar-refractivity contribution in [3.63, 3.8) is 0 Å². The van der Waals surface area contributed by atoms with Crippen LogP contribution in [0.15, 0.2) is 18.2 Å². The summed E-state index contributed by atoms with van der Waals surface area (Å²) in [4.78, 5) is 12.4. The quantitative estimate of drug-likeness (QED) is 0.859. The molecule has 19 heavy (non-hydrogen) atoms. The number of benzene rings is 1. The number of hydrogen-bond acceptors (Lipinski definition) is 3. The maximum atomic E-state index is 12.4. The van der Waals surface area contributed by atoms with E-state index in [2.05, 4.69) is 16.7 Å². The van der Waals surface area contributed by atoms with Gasteiger partial charge in [-0.25, -0.2) is 0 Å². The second-order valence-corrected chi connectivity index (χ2v) is 5.50. The van der Waals surface area contributed by atoms with Gasteiger partial charge in [0.05, 0.1) is 0 Å². The summed E-state index contributed by atoms with van der Waals surface area (Å²) < 4.78 is 5.59. The lowest BCUT2D eigenvalue weighted by Gasteiger charge is -2.25. The number of fused-ring (bicyclic) bond motifs is 1. The lowest BCUT2D eigenvalue weighted by atomic mass is 9.99. The van der Waals surface area contributed by atoms with Gasteiger partial charge in [-0.3, -0.25) is 4.79 Å². The van der Waals surface area contributed by atoms with Gasteiger partial charge in [-0.05, 0) is 50.3 Å². The number of carbonyl (C=O) groups is 1. The first-order valence-electron chi connectivity index (χ1n) is 7.00. The molecule has 102 valence electrons. The number of rotatable bonds is 2. The molecule has 4 nitrogen and oxygen atoms in total. The van der Waals surface area contributed by atoms with E-state index in [1.807, 2.05) is 19.1 Å². The Morgan fingerprint density at radius 3 is 3.11 bits per heavy atom. The summed E-state index contributed by atoms with van der Waals surface area (Å²) in [7, 11) is 0. The molecule has 1 fully saturated rings. The van der Waals surface area contributed by atoms with E-state index in [-0.39, 0.29) is 5.91 Å². The molecule has 0 radical (unpaired) electrons. The van der Waals surface area contributed by atoms with Crippen LogP contribution >= 0.6 is 0 Å². The SMILES string of the molecule is CC1(C(=O)Nc2cccc3c2CCCN3)CCCO1. The zero-order valence-corrected chi connectivity index (χ0v) is 11.3. The lowest BCUT2D eigenvalue weighted by Crippen LogP contribution is -2.39. The highest BCUT2D eigenvalue weighted by Gasteiger charge is 2.38. The number of ether oxygens (including phenoxy) is 1. The van der Waals surface area contributed by atoms with Crippen LogP contribution in [0.25, 0.3) is 0 Å². The average molecular weight is 260 g/mol. The van der Waals surface area contributed by atoms with Gasteiger partial charge in [-0.2, -0.15) is 0 Å². The van der Waals surface area contributed by atoms with E-state index in [0.29, 0.717) is 6.61 Å². The smallest absolute Gasteiger partial charge is 0.256 e. The Labute approximate surface area is 113 Å². The van der Waals surface area contributed by atoms with E-state index in [4.69, 9.17) is 4.74 Å². The molecule has 4 heteroatoms. The van der Waals surface area contributed by atoms with E-state index in [1.54, 1.807) is 0 Å². The molecule has 0 aliphatic carbocycles. The third-order valence-corrected chi connectivity index (χ3v) is 4.04. The Morgan fingerprint density at radius 2 is 2.32 bits per heavy atom. The molecule has 1 aromatic carbocycles. The van der Waals surface area contributed by atoms with Crippen LogP contribution in [0.4, 0.5) is 11.4 Å². The van der Waals surface area contributed by atoms with Crippen LogP contribution in [0.2, 0.25) is 0 Å². The fourth-order valence-electron chi connectivity index (χ4n) is 2.84. The van der Waals surface area contributed by atoms with Crippen LogP contribution in [0.5, 0.6) is 0 Å². The summed E-state index contributed by atoms with van der Waals surface area (Å²) in [5.74, 6) is -0.0241. The van der Waals surface area contributed by atoms with Crippen molar-refractivity contribution in [2.24, 2.45) is 0 Å². The van der Waals surface area contributed by atoms with Crippen molar-refractivity contribution in [2.45, 2.75) is 38.2 Å². The van der Waals surface area contributed by atoms with Gasteiger partial charge in [0, 0.05) is 24.5 Å². The normalized spacial score (nSPS) is 25.5. The molecule has 0 saturated carbocycles. The predicted molar refractivity (Wildman–Crippen MR) is 75.5 cm³/mol. The van der Waals surface area contributed by atoms with Crippen LogP contribution in [0, 0.1) is 0 Å². The highest BCUT2D eigenvalue weighted by Crippen LogP contribution is 2.31. The molecule has 0 spiro atoms. The van der Waals surface area contributed by atoms with Gasteiger partial charge >= 0.3 is 0 Å². The standard InChI is InChI=1S/C15H20N2O2/c1-15(8-4-10-19-15)14(18)17-13-7-2-6-12-11(13)5-3-9-16-12/h2,6-7,16H,3-5,8-10H2,1H3,(H,17,18). The molecule has 3 rings (SSSR count). The highest BCUT2D eigenvalue weighted by atomic mass is 16.5. The van der Waals surface area contributed by atoms with Crippen LogP contribution < -0.4 is 10.6 Å². The molecule has 2 aliphatic heterocycles. The molecule has 2 N–H and O–H groups in total. The van der Waals surface area contributed by atoms with Gasteiger partial charge in [0.1, 0.15) is 5.60 Å². The Balaban J connectivity index is 1.82. The molecule has 1 unspecified atom stereocenters. The van der Waals surface area contributed by atoms with Crippen LogP contribution in [-0.4, -0.2) is 24.7 Å². The number of nitrogens with one attached hydrogen (secondary N) is 2. The summed E-state index contributed by atoms with van der Waals surface area (Å²) in [5, 5.41) is 6.42. The summed E-state index contributed by atoms with van der Waals surface area (Å²) in [5.41, 5.74) is 2.61. The monoisotopic (exact) mass is 260 g/mol. The number of amides is 1. The van der Waals surface area contributed by atoms with Crippen LogP contribution in [0.3, 0.4) is 0 Å². The van der Waals surface area contributed by atoms with E-state index in [9.17, 15) is 4.79 Å². The molecular formula is C15H20N2O2. The van der Waals surface area contributed by atoms with Crippen LogP contribution in [0.1, 0.15) is 31.7 Å². The van der Waals surface area contributed by atoms with E-state index in [0.717, 1.165) is 43.6 Å². The zero-order chi connectivity index (χ0) is 13.3. The second-order valence-electron chi connectivity index (χ2n) is 5.50. The van der Waals surface area contributed by atoms with Crippen molar-refractivity contribution >= 4 is 17.3 Å². The summed E-state index contributed by atoms with van der Waals surface area (Å²) in [6.07, 6.45) is 3.87. The van der Waals surface area contributed by atoms with Crippen LogP contribution in [-0.2, 0) is 16.0 Å². The maximum Gasteiger partial charge on any atom is 0.256 e. The number of hydrogen-bond donors (Lipinski definition) is 2. The zero-order valence-electron chi connectivity index (χ0n) is 11.3. The molecule has 2 aliphatic rings. The van der Waals surface area contributed by atoms with Crippen molar-refractivity contribution in [3.8, 4) is 0 Å². The molecule has 0 bridgehead atoms. The average Bonchev–Trinajstić information content (AvgIpc) is 2.87. The Morgan fingerprint density at radius 1 is 1.42 bits per heavy atom. The molecule has 0 aromatic heterocycles. The van der Waals surface area contributed by atoms with Crippen molar-refractivity contribution < 1.29 is 9.53 Å². The summed E-state index contributed by atoms with van der Waals surface area (Å²) in [6.45, 7) is 3.56. The molecule has 1 saturated heterocycles. The van der Waals surface area contributed by atoms with Crippen molar-refractivity contribution in [2.75, 3.05) is 23.8 Å². The fraction of sp³-hybridized carbons (Fsp3) is 0.533. The highest BCUT2D eigenvalue weighted by molar-refractivity contribution is 5.98. The van der Waals surface area contributed by atoms with Gasteiger partial charge in [-0.15, -0.1) is 0 Å². The Kier molecular flexibility index (Phi) is 3.19. The molecule has 1 amide bonds. The Bertz CT molecular complexity index is 493. The lowest BCUT2D eigenvalue weighted by molar-refractivity contribution is -0.133. The van der Waals surface area contributed by atoms with Crippen molar-refractivity contribution in [3.05, 3.63) is 23.8 Å². The van der Waals surface area contributed by atoms with Gasteiger partial charge in [-0.1, -0.05) is 6.07 Å². The minimum atomic E-state index is -0.662. The predicted octanol–water partition coefficient (Wildman–Crippen LogP) is 2.55. The molecular weight excluding hydrogens is 240 g/mol. The van der Waals surface area contributed by atoms with Gasteiger partial charge < -0.3 is 15.4 Å². The third kappa shape index (κ3) is 2.32. The number of anilines is 2.